The van der Waals surface area contributed by atoms with Gasteiger partial charge in [-0.15, -0.1) is 11.3 Å². The van der Waals surface area contributed by atoms with Gasteiger partial charge in [-0.25, -0.2) is 4.98 Å². The van der Waals surface area contributed by atoms with E-state index < -0.39 is 0 Å². The molecule has 0 saturated carbocycles. The second kappa shape index (κ2) is 8.86. The first-order chi connectivity index (χ1) is 14.4. The van der Waals surface area contributed by atoms with Gasteiger partial charge in [-0.3, -0.25) is 9.69 Å². The van der Waals surface area contributed by atoms with Gasteiger partial charge in [0.25, 0.3) is 0 Å². The number of thiazole rings is 1. The highest BCUT2D eigenvalue weighted by molar-refractivity contribution is 7.18. The van der Waals surface area contributed by atoms with E-state index in [2.05, 4.69) is 67.4 Å². The van der Waals surface area contributed by atoms with Crippen LogP contribution in [0.2, 0.25) is 0 Å². The fourth-order valence-electron chi connectivity index (χ4n) is 4.33. The van der Waals surface area contributed by atoms with Crippen molar-refractivity contribution < 1.29 is 4.79 Å². The predicted octanol–water partition coefficient (Wildman–Crippen LogP) is 5.93. The van der Waals surface area contributed by atoms with E-state index in [1.807, 2.05) is 24.3 Å². The lowest BCUT2D eigenvalue weighted by atomic mass is 9.96. The average molecular weight is 422 g/mol. The van der Waals surface area contributed by atoms with E-state index in [-0.39, 0.29) is 11.9 Å². The first-order valence-corrected chi connectivity index (χ1v) is 11.8. The number of piperidine rings is 1. The summed E-state index contributed by atoms with van der Waals surface area (Å²) in [6.07, 6.45) is 2.11. The molecule has 2 aromatic carbocycles. The van der Waals surface area contributed by atoms with E-state index in [4.69, 9.17) is 4.98 Å². The minimum atomic E-state index is -0.138. The summed E-state index contributed by atoms with van der Waals surface area (Å²) < 4.78 is 1.27. The van der Waals surface area contributed by atoms with Crippen molar-refractivity contribution in [1.82, 2.24) is 9.88 Å². The molecule has 0 spiro atoms. The van der Waals surface area contributed by atoms with Gasteiger partial charge in [0.15, 0.2) is 0 Å². The van der Waals surface area contributed by atoms with Gasteiger partial charge in [0.2, 0.25) is 5.91 Å². The van der Waals surface area contributed by atoms with Crippen LogP contribution in [0.5, 0.6) is 0 Å². The van der Waals surface area contributed by atoms with Gasteiger partial charge >= 0.3 is 0 Å². The Labute approximate surface area is 183 Å². The minimum absolute atomic E-state index is 0.0876. The minimum Gasteiger partial charge on any atom is -0.324 e. The summed E-state index contributed by atoms with van der Waals surface area (Å²) >= 11 is 1.82. The van der Waals surface area contributed by atoms with Crippen LogP contribution in [0.4, 0.5) is 5.69 Å². The Morgan fingerprint density at radius 2 is 1.83 bits per heavy atom. The number of carbonyl (C=O) groups is 1. The molecule has 0 aliphatic carbocycles. The van der Waals surface area contributed by atoms with E-state index in [0.717, 1.165) is 42.7 Å². The number of rotatable bonds is 5. The average Bonchev–Trinajstić information content (AvgIpc) is 3.19. The van der Waals surface area contributed by atoms with Crippen LogP contribution in [0, 0.1) is 6.92 Å². The smallest absolute Gasteiger partial charge is 0.241 e. The molecular formula is C25H31N3OS. The van der Waals surface area contributed by atoms with Gasteiger partial charge in [0, 0.05) is 11.6 Å². The van der Waals surface area contributed by atoms with Crippen LogP contribution in [-0.2, 0) is 4.79 Å². The number of nitrogens with zero attached hydrogens (tertiary/aromatic N) is 2. The number of fused-ring (bicyclic) bond motifs is 1. The number of hydrogen-bond donors (Lipinski definition) is 1. The topological polar surface area (TPSA) is 45.2 Å². The van der Waals surface area contributed by atoms with E-state index >= 15 is 0 Å². The number of anilines is 1. The molecule has 0 bridgehead atoms. The van der Waals surface area contributed by atoms with Crippen molar-refractivity contribution in [3.63, 3.8) is 0 Å². The van der Waals surface area contributed by atoms with E-state index in [0.29, 0.717) is 11.8 Å². The SMILES string of the molecule is Cc1cccc(C(C)C)c1NC(=O)[C@@H](C)N1CCC(c2nc3ccccc3s2)CC1. The summed E-state index contributed by atoms with van der Waals surface area (Å²) in [5.41, 5.74) is 4.40. The summed E-state index contributed by atoms with van der Waals surface area (Å²) in [7, 11) is 0. The molecule has 1 aliphatic heterocycles. The maximum atomic E-state index is 13.0. The highest BCUT2D eigenvalue weighted by atomic mass is 32.1. The molecular weight excluding hydrogens is 390 g/mol. The summed E-state index contributed by atoms with van der Waals surface area (Å²) in [4.78, 5) is 20.2. The summed E-state index contributed by atoms with van der Waals surface area (Å²) in [6, 6.07) is 14.5. The third-order valence-electron chi connectivity index (χ3n) is 6.29. The highest BCUT2D eigenvalue weighted by Gasteiger charge is 2.29. The quantitative estimate of drug-likeness (QED) is 0.555. The molecule has 4 nitrogen and oxygen atoms in total. The number of para-hydroxylation sites is 2. The van der Waals surface area contributed by atoms with Gasteiger partial charge in [0.1, 0.15) is 0 Å². The van der Waals surface area contributed by atoms with Gasteiger partial charge in [0.05, 0.1) is 21.3 Å². The summed E-state index contributed by atoms with van der Waals surface area (Å²) in [5, 5.41) is 4.47. The Bertz CT molecular complexity index is 1000. The first-order valence-electron chi connectivity index (χ1n) is 10.9. The molecule has 1 atom stereocenters. The van der Waals surface area contributed by atoms with Crippen molar-refractivity contribution in [2.75, 3.05) is 18.4 Å². The highest BCUT2D eigenvalue weighted by Crippen LogP contribution is 2.34. The van der Waals surface area contributed by atoms with Crippen molar-refractivity contribution in [2.45, 2.75) is 58.4 Å². The Morgan fingerprint density at radius 1 is 1.10 bits per heavy atom. The summed E-state index contributed by atoms with van der Waals surface area (Å²) in [6.45, 7) is 10.3. The fourth-order valence-corrected chi connectivity index (χ4v) is 5.47. The van der Waals surface area contributed by atoms with Crippen molar-refractivity contribution in [1.29, 1.82) is 0 Å². The Kier molecular flexibility index (Phi) is 6.21. The van der Waals surface area contributed by atoms with Crippen LogP contribution in [0.3, 0.4) is 0 Å². The van der Waals surface area contributed by atoms with Crippen molar-refractivity contribution in [2.24, 2.45) is 0 Å². The van der Waals surface area contributed by atoms with Crippen molar-refractivity contribution in [3.8, 4) is 0 Å². The molecule has 30 heavy (non-hydrogen) atoms. The van der Waals surface area contributed by atoms with E-state index in [1.165, 1.54) is 15.3 Å². The number of carbonyl (C=O) groups excluding carboxylic acids is 1. The Morgan fingerprint density at radius 3 is 2.53 bits per heavy atom. The monoisotopic (exact) mass is 421 g/mol. The lowest BCUT2D eigenvalue weighted by Gasteiger charge is -2.35. The van der Waals surface area contributed by atoms with Gasteiger partial charge in [-0.1, -0.05) is 44.2 Å². The molecule has 158 valence electrons. The Balaban J connectivity index is 1.39. The molecule has 4 rings (SSSR count). The maximum absolute atomic E-state index is 13.0. The molecule has 1 saturated heterocycles. The lowest BCUT2D eigenvalue weighted by molar-refractivity contribution is -0.121. The molecule has 1 fully saturated rings. The maximum Gasteiger partial charge on any atom is 0.241 e. The predicted molar refractivity (Wildman–Crippen MR) is 127 cm³/mol. The number of nitrogens with one attached hydrogen (secondary N) is 1. The zero-order chi connectivity index (χ0) is 21.3. The van der Waals surface area contributed by atoms with Gasteiger partial charge in [-0.05, 0) is 69.0 Å². The number of aromatic nitrogens is 1. The lowest BCUT2D eigenvalue weighted by Crippen LogP contribution is -2.45. The van der Waals surface area contributed by atoms with Crippen LogP contribution in [0.15, 0.2) is 42.5 Å². The van der Waals surface area contributed by atoms with Crippen LogP contribution >= 0.6 is 11.3 Å². The second-order valence-electron chi connectivity index (χ2n) is 8.69. The number of aryl methyl sites for hydroxylation is 1. The van der Waals surface area contributed by atoms with Gasteiger partial charge < -0.3 is 5.32 Å². The molecule has 0 unspecified atom stereocenters. The first kappa shape index (κ1) is 21.0. The molecule has 1 aliphatic rings. The molecule has 3 aromatic rings. The Hall–Kier alpha value is -2.24. The molecule has 1 aromatic heterocycles. The number of amides is 1. The van der Waals surface area contributed by atoms with Crippen LogP contribution in [-0.4, -0.2) is 34.9 Å². The van der Waals surface area contributed by atoms with Gasteiger partial charge in [-0.2, -0.15) is 0 Å². The van der Waals surface area contributed by atoms with Crippen LogP contribution in [0.1, 0.15) is 61.6 Å². The molecule has 1 amide bonds. The second-order valence-corrected chi connectivity index (χ2v) is 9.75. The fraction of sp³-hybridized carbons (Fsp3) is 0.440. The molecule has 2 heterocycles. The zero-order valence-corrected chi connectivity index (χ0v) is 19.1. The third-order valence-corrected chi connectivity index (χ3v) is 7.49. The number of hydrogen-bond acceptors (Lipinski definition) is 4. The summed E-state index contributed by atoms with van der Waals surface area (Å²) in [5.74, 6) is 0.961. The van der Waals surface area contributed by atoms with Crippen LogP contribution < -0.4 is 5.32 Å². The number of benzene rings is 2. The van der Waals surface area contributed by atoms with E-state index in [9.17, 15) is 4.79 Å². The molecule has 5 heteroatoms. The normalized spacial score (nSPS) is 16.8. The molecule has 1 N–H and O–H groups in total. The van der Waals surface area contributed by atoms with Crippen molar-refractivity contribution in [3.05, 3.63) is 58.6 Å². The van der Waals surface area contributed by atoms with Crippen LogP contribution in [0.25, 0.3) is 10.2 Å². The molecule has 0 radical (unpaired) electrons. The zero-order valence-electron chi connectivity index (χ0n) is 18.3. The standard InChI is InChI=1S/C25H31N3OS/c1-16(2)20-9-7-8-17(3)23(20)27-24(29)18(4)28-14-12-19(13-15-28)25-26-21-10-5-6-11-22(21)30-25/h5-11,16,18-19H,12-15H2,1-4H3,(H,27,29)/t18-/m1/s1. The third kappa shape index (κ3) is 4.28. The van der Waals surface area contributed by atoms with E-state index in [1.54, 1.807) is 0 Å². The largest absolute Gasteiger partial charge is 0.324 e. The number of likely N-dealkylation sites (tertiary alicyclic amines) is 1. The van der Waals surface area contributed by atoms with Crippen molar-refractivity contribution >= 4 is 33.1 Å².